The normalized spacial score (nSPS) is 12.8. The van der Waals surface area contributed by atoms with Gasteiger partial charge in [-0.25, -0.2) is 4.98 Å². The van der Waals surface area contributed by atoms with Gasteiger partial charge >= 0.3 is 0 Å². The Balaban J connectivity index is 2.46. The van der Waals surface area contributed by atoms with E-state index in [1.54, 1.807) is 7.11 Å². The fraction of sp³-hybridized carbons (Fsp3) is 0.533. The molecule has 0 aliphatic heterocycles. The van der Waals surface area contributed by atoms with E-state index in [-0.39, 0.29) is 5.38 Å². The maximum Gasteiger partial charge on any atom is 0.147 e. The molecule has 0 saturated carbocycles. The zero-order valence-electron chi connectivity index (χ0n) is 12.2. The molecule has 4 nitrogen and oxygen atoms in total. The molecular weight excluding hydrogens is 276 g/mol. The van der Waals surface area contributed by atoms with Crippen molar-refractivity contribution in [3.05, 3.63) is 24.0 Å². The number of rotatable bonds is 7. The van der Waals surface area contributed by atoms with Crippen LogP contribution in [0, 0.1) is 0 Å². The average Bonchev–Trinajstić information content (AvgIpc) is 2.80. The molecule has 0 amide bonds. The highest BCUT2D eigenvalue weighted by Gasteiger charge is 2.17. The van der Waals surface area contributed by atoms with Gasteiger partial charge in [-0.3, -0.25) is 0 Å². The van der Waals surface area contributed by atoms with Gasteiger partial charge in [-0.1, -0.05) is 6.07 Å². The molecule has 20 heavy (non-hydrogen) atoms. The Labute approximate surface area is 124 Å². The first-order chi connectivity index (χ1) is 9.69. The molecule has 5 heteroatoms. The van der Waals surface area contributed by atoms with Crippen molar-refractivity contribution in [2.75, 3.05) is 20.3 Å². The van der Waals surface area contributed by atoms with E-state index in [2.05, 4.69) is 15.6 Å². The zero-order chi connectivity index (χ0) is 14.5. The molecule has 0 spiro atoms. The summed E-state index contributed by atoms with van der Waals surface area (Å²) in [6, 6.07) is 5.99. The highest BCUT2D eigenvalue weighted by Crippen LogP contribution is 2.30. The molecule has 1 heterocycles. The topological polar surface area (TPSA) is 36.3 Å². The van der Waals surface area contributed by atoms with Crippen molar-refractivity contribution < 1.29 is 9.47 Å². The minimum absolute atomic E-state index is 0.139. The number of alkyl halides is 1. The second-order valence-electron chi connectivity index (χ2n) is 4.64. The average molecular weight is 297 g/mol. The number of methoxy groups -OCH3 is 1. The van der Waals surface area contributed by atoms with Crippen LogP contribution < -0.4 is 4.74 Å². The Morgan fingerprint density at radius 3 is 2.85 bits per heavy atom. The molecule has 1 aromatic carbocycles. The molecule has 1 aromatic heterocycles. The van der Waals surface area contributed by atoms with Crippen LogP contribution in [0.3, 0.4) is 0 Å². The van der Waals surface area contributed by atoms with E-state index >= 15 is 0 Å². The van der Waals surface area contributed by atoms with Crippen LogP contribution in [-0.2, 0) is 11.3 Å². The predicted octanol–water partition coefficient (Wildman–Crippen LogP) is 3.77. The van der Waals surface area contributed by atoms with Crippen LogP contribution in [0.15, 0.2) is 18.2 Å². The Kier molecular flexibility index (Phi) is 5.26. The molecule has 110 valence electrons. The SMILES string of the molecule is CCOc1cccc2c1nc(C(C)Cl)n2CCCOC. The number of para-hydroxylation sites is 1. The number of ether oxygens (including phenoxy) is 2. The molecule has 0 radical (unpaired) electrons. The molecule has 0 aliphatic rings. The van der Waals surface area contributed by atoms with Crippen molar-refractivity contribution in [3.8, 4) is 5.75 Å². The van der Waals surface area contributed by atoms with Gasteiger partial charge in [-0.15, -0.1) is 11.6 Å². The van der Waals surface area contributed by atoms with Gasteiger partial charge in [0.1, 0.15) is 17.1 Å². The molecule has 0 N–H and O–H groups in total. The van der Waals surface area contributed by atoms with Gasteiger partial charge in [0.25, 0.3) is 0 Å². The molecule has 1 atom stereocenters. The molecule has 1 unspecified atom stereocenters. The lowest BCUT2D eigenvalue weighted by molar-refractivity contribution is 0.190. The first kappa shape index (κ1) is 15.1. The maximum absolute atomic E-state index is 6.27. The minimum Gasteiger partial charge on any atom is -0.492 e. The molecule has 0 bridgehead atoms. The number of imidazole rings is 1. The monoisotopic (exact) mass is 296 g/mol. The lowest BCUT2D eigenvalue weighted by Crippen LogP contribution is -2.06. The van der Waals surface area contributed by atoms with E-state index in [1.807, 2.05) is 26.0 Å². The first-order valence-corrected chi connectivity index (χ1v) is 7.37. The van der Waals surface area contributed by atoms with Gasteiger partial charge in [0.05, 0.1) is 17.5 Å². The van der Waals surface area contributed by atoms with Crippen LogP contribution in [0.2, 0.25) is 0 Å². The second-order valence-corrected chi connectivity index (χ2v) is 5.30. The third kappa shape index (κ3) is 3.07. The number of aryl methyl sites for hydroxylation is 1. The summed E-state index contributed by atoms with van der Waals surface area (Å²) in [6.07, 6.45) is 0.928. The Hall–Kier alpha value is -1.26. The van der Waals surface area contributed by atoms with E-state index < -0.39 is 0 Å². The molecule has 0 fully saturated rings. The van der Waals surface area contributed by atoms with E-state index in [1.165, 1.54) is 0 Å². The molecule has 2 rings (SSSR count). The summed E-state index contributed by atoms with van der Waals surface area (Å²) in [5.41, 5.74) is 1.95. The van der Waals surface area contributed by atoms with Crippen LogP contribution in [-0.4, -0.2) is 29.9 Å². The highest BCUT2D eigenvalue weighted by atomic mass is 35.5. The highest BCUT2D eigenvalue weighted by molar-refractivity contribution is 6.20. The van der Waals surface area contributed by atoms with E-state index in [0.717, 1.165) is 42.2 Å². The number of nitrogens with zero attached hydrogens (tertiary/aromatic N) is 2. The summed E-state index contributed by atoms with van der Waals surface area (Å²) in [4.78, 5) is 4.67. The fourth-order valence-electron chi connectivity index (χ4n) is 2.32. The Bertz CT molecular complexity index is 566. The summed E-state index contributed by atoms with van der Waals surface area (Å²) in [5.74, 6) is 1.69. The summed E-state index contributed by atoms with van der Waals surface area (Å²) in [7, 11) is 1.71. The number of hydrogen-bond acceptors (Lipinski definition) is 3. The number of halogens is 1. The van der Waals surface area contributed by atoms with Crippen molar-refractivity contribution in [2.45, 2.75) is 32.2 Å². The number of benzene rings is 1. The Morgan fingerprint density at radius 2 is 2.20 bits per heavy atom. The number of fused-ring (bicyclic) bond motifs is 1. The molecule has 0 saturated heterocycles. The minimum atomic E-state index is -0.139. The van der Waals surface area contributed by atoms with Gasteiger partial charge in [0.15, 0.2) is 0 Å². The largest absolute Gasteiger partial charge is 0.492 e. The van der Waals surface area contributed by atoms with Crippen molar-refractivity contribution in [2.24, 2.45) is 0 Å². The van der Waals surface area contributed by atoms with Crippen LogP contribution in [0.5, 0.6) is 5.75 Å². The van der Waals surface area contributed by atoms with Gasteiger partial charge < -0.3 is 14.0 Å². The molecular formula is C15H21ClN2O2. The number of hydrogen-bond donors (Lipinski definition) is 0. The second kappa shape index (κ2) is 6.95. The van der Waals surface area contributed by atoms with Gasteiger partial charge in [-0.2, -0.15) is 0 Å². The van der Waals surface area contributed by atoms with Crippen LogP contribution in [0.25, 0.3) is 11.0 Å². The maximum atomic E-state index is 6.27. The van der Waals surface area contributed by atoms with Crippen molar-refractivity contribution in [1.82, 2.24) is 9.55 Å². The van der Waals surface area contributed by atoms with Crippen molar-refractivity contribution in [3.63, 3.8) is 0 Å². The van der Waals surface area contributed by atoms with Gasteiger partial charge in [0.2, 0.25) is 0 Å². The molecule has 0 aliphatic carbocycles. The van der Waals surface area contributed by atoms with Crippen molar-refractivity contribution in [1.29, 1.82) is 0 Å². The third-order valence-corrected chi connectivity index (χ3v) is 3.35. The number of aromatic nitrogens is 2. The lowest BCUT2D eigenvalue weighted by atomic mass is 10.3. The van der Waals surface area contributed by atoms with Crippen LogP contribution >= 0.6 is 11.6 Å². The summed E-state index contributed by atoms with van der Waals surface area (Å²) < 4.78 is 12.9. The van der Waals surface area contributed by atoms with Crippen molar-refractivity contribution >= 4 is 22.6 Å². The summed E-state index contributed by atoms with van der Waals surface area (Å²) in [5, 5.41) is -0.139. The lowest BCUT2D eigenvalue weighted by Gasteiger charge is -2.10. The van der Waals surface area contributed by atoms with E-state index in [9.17, 15) is 0 Å². The van der Waals surface area contributed by atoms with E-state index in [4.69, 9.17) is 21.1 Å². The van der Waals surface area contributed by atoms with Gasteiger partial charge in [0, 0.05) is 20.3 Å². The third-order valence-electron chi connectivity index (χ3n) is 3.16. The quantitative estimate of drug-likeness (QED) is 0.576. The standard InChI is InChI=1S/C15H21ClN2O2/c1-4-20-13-8-5-7-12-14(13)17-15(11(2)16)18(12)9-6-10-19-3/h5,7-8,11H,4,6,9-10H2,1-3H3. The first-order valence-electron chi connectivity index (χ1n) is 6.94. The smallest absolute Gasteiger partial charge is 0.147 e. The predicted molar refractivity (Wildman–Crippen MR) is 81.7 cm³/mol. The summed E-state index contributed by atoms with van der Waals surface area (Å²) >= 11 is 6.27. The van der Waals surface area contributed by atoms with Crippen LogP contribution in [0.1, 0.15) is 31.5 Å². The van der Waals surface area contributed by atoms with Gasteiger partial charge in [-0.05, 0) is 32.4 Å². The van der Waals surface area contributed by atoms with Crippen LogP contribution in [0.4, 0.5) is 0 Å². The zero-order valence-corrected chi connectivity index (χ0v) is 13.0. The van der Waals surface area contributed by atoms with E-state index in [0.29, 0.717) is 6.61 Å². The molecule has 2 aromatic rings. The fourth-order valence-corrected chi connectivity index (χ4v) is 2.48. The summed E-state index contributed by atoms with van der Waals surface area (Å²) in [6.45, 7) is 6.10. The Morgan fingerprint density at radius 1 is 1.40 bits per heavy atom.